The molecule has 0 bridgehead atoms. The normalized spacial score (nSPS) is 19.2. The van der Waals surface area contributed by atoms with E-state index in [1.54, 1.807) is 12.3 Å². The lowest BCUT2D eigenvalue weighted by molar-refractivity contribution is -0.113. The Balaban J connectivity index is 0.00000196. The summed E-state index contributed by atoms with van der Waals surface area (Å²) in [7, 11) is 0. The fourth-order valence-electron chi connectivity index (χ4n) is 3.20. The largest absolute Gasteiger partial charge is 0.329 e. The minimum absolute atomic E-state index is 0. The number of carbonyl (C=O) groups excluding carboxylic acids is 2. The number of hydrogen-bond donors (Lipinski definition) is 2. The predicted molar refractivity (Wildman–Crippen MR) is 104 cm³/mol. The average Bonchev–Trinajstić information content (AvgIpc) is 2.67. The predicted octanol–water partition coefficient (Wildman–Crippen LogP) is 2.33. The summed E-state index contributed by atoms with van der Waals surface area (Å²) in [5.41, 5.74) is 2.34. The summed E-state index contributed by atoms with van der Waals surface area (Å²) < 4.78 is 0. The van der Waals surface area contributed by atoms with Gasteiger partial charge in [0, 0.05) is 42.5 Å². The van der Waals surface area contributed by atoms with Crippen LogP contribution in [0.15, 0.2) is 47.6 Å². The van der Waals surface area contributed by atoms with E-state index in [1.807, 2.05) is 35.4 Å². The van der Waals surface area contributed by atoms with Crippen LogP contribution in [-0.2, 0) is 4.79 Å². The Hall–Kier alpha value is -2.09. The first kappa shape index (κ1) is 18.7. The molecule has 2 aromatic rings. The SMILES string of the molecule is Cl.O=C1CSc2ccc(C(=O)N3CCNCC3c3cccnc3)cc2N1. The molecule has 4 rings (SSSR count). The summed E-state index contributed by atoms with van der Waals surface area (Å²) in [6.45, 7) is 2.10. The lowest BCUT2D eigenvalue weighted by atomic mass is 10.0. The van der Waals surface area contributed by atoms with E-state index in [0.717, 1.165) is 22.7 Å². The molecule has 1 atom stereocenters. The molecule has 2 N–H and O–H groups in total. The van der Waals surface area contributed by atoms with Gasteiger partial charge in [0.25, 0.3) is 5.91 Å². The molecule has 6 nitrogen and oxygen atoms in total. The number of halogens is 1. The molecule has 2 aliphatic heterocycles. The highest BCUT2D eigenvalue weighted by molar-refractivity contribution is 8.00. The number of aromatic nitrogens is 1. The minimum Gasteiger partial charge on any atom is -0.329 e. The van der Waals surface area contributed by atoms with Gasteiger partial charge in [0.05, 0.1) is 17.5 Å². The number of carbonyl (C=O) groups is 2. The van der Waals surface area contributed by atoms with Crippen molar-refractivity contribution in [2.45, 2.75) is 10.9 Å². The third-order valence-corrected chi connectivity index (χ3v) is 5.51. The number of amides is 2. The summed E-state index contributed by atoms with van der Waals surface area (Å²) in [5.74, 6) is 0.363. The Labute approximate surface area is 162 Å². The maximum absolute atomic E-state index is 13.1. The standard InChI is InChI=1S/C18H18N4O2S.ClH/c23-17-11-25-16-4-3-12(8-14(16)21-17)18(24)22-7-6-20-10-15(22)13-2-1-5-19-9-13;/h1-5,8-9,15,20H,6-7,10-11H2,(H,21,23);1H. The van der Waals surface area contributed by atoms with Crippen molar-refractivity contribution in [2.75, 3.05) is 30.7 Å². The first-order valence-corrected chi connectivity index (χ1v) is 9.19. The number of benzene rings is 1. The van der Waals surface area contributed by atoms with Crippen molar-refractivity contribution >= 4 is 41.7 Å². The average molecular weight is 391 g/mol. The molecule has 1 aromatic heterocycles. The van der Waals surface area contributed by atoms with E-state index in [1.165, 1.54) is 11.8 Å². The van der Waals surface area contributed by atoms with Crippen LogP contribution in [0.2, 0.25) is 0 Å². The van der Waals surface area contributed by atoms with Gasteiger partial charge in [-0.3, -0.25) is 14.6 Å². The highest BCUT2D eigenvalue weighted by Crippen LogP contribution is 2.33. The fourth-order valence-corrected chi connectivity index (χ4v) is 3.99. The molecule has 0 aliphatic carbocycles. The van der Waals surface area contributed by atoms with E-state index in [2.05, 4.69) is 15.6 Å². The number of piperazine rings is 1. The highest BCUT2D eigenvalue weighted by Gasteiger charge is 2.29. The van der Waals surface area contributed by atoms with E-state index in [4.69, 9.17) is 0 Å². The van der Waals surface area contributed by atoms with Gasteiger partial charge in [0.15, 0.2) is 0 Å². The van der Waals surface area contributed by atoms with Crippen molar-refractivity contribution in [3.05, 3.63) is 53.9 Å². The van der Waals surface area contributed by atoms with Crippen LogP contribution < -0.4 is 10.6 Å². The number of hydrogen-bond acceptors (Lipinski definition) is 5. The summed E-state index contributed by atoms with van der Waals surface area (Å²) in [5, 5.41) is 6.19. The third kappa shape index (κ3) is 3.70. The Bertz CT molecular complexity index is 818. The Kier molecular flexibility index (Phi) is 5.80. The number of fused-ring (bicyclic) bond motifs is 1. The molecular formula is C18H19ClN4O2S. The van der Waals surface area contributed by atoms with E-state index in [-0.39, 0.29) is 30.3 Å². The minimum atomic E-state index is -0.0463. The van der Waals surface area contributed by atoms with Crippen molar-refractivity contribution in [3.63, 3.8) is 0 Å². The maximum atomic E-state index is 13.1. The Morgan fingerprint density at radius 3 is 3.00 bits per heavy atom. The molecule has 8 heteroatoms. The zero-order valence-corrected chi connectivity index (χ0v) is 15.6. The van der Waals surface area contributed by atoms with Gasteiger partial charge in [-0.05, 0) is 29.8 Å². The van der Waals surface area contributed by atoms with Crippen LogP contribution in [0.3, 0.4) is 0 Å². The topological polar surface area (TPSA) is 74.3 Å². The molecular weight excluding hydrogens is 372 g/mol. The number of pyridine rings is 1. The molecule has 1 saturated heterocycles. The molecule has 2 amide bonds. The molecule has 136 valence electrons. The van der Waals surface area contributed by atoms with Crippen molar-refractivity contribution in [1.29, 1.82) is 0 Å². The number of nitrogens with zero attached hydrogens (tertiary/aromatic N) is 2. The second-order valence-corrected chi connectivity index (χ2v) is 7.07. The van der Waals surface area contributed by atoms with E-state index in [9.17, 15) is 9.59 Å². The first-order valence-electron chi connectivity index (χ1n) is 8.21. The molecule has 0 saturated carbocycles. The van der Waals surface area contributed by atoms with Crippen LogP contribution >= 0.6 is 24.2 Å². The number of rotatable bonds is 2. The number of nitrogens with one attached hydrogen (secondary N) is 2. The molecule has 1 fully saturated rings. The lowest BCUT2D eigenvalue weighted by Gasteiger charge is -2.36. The van der Waals surface area contributed by atoms with Crippen molar-refractivity contribution < 1.29 is 9.59 Å². The Morgan fingerprint density at radius 1 is 1.31 bits per heavy atom. The Morgan fingerprint density at radius 2 is 2.19 bits per heavy atom. The lowest BCUT2D eigenvalue weighted by Crippen LogP contribution is -2.48. The monoisotopic (exact) mass is 390 g/mol. The van der Waals surface area contributed by atoms with Gasteiger partial charge in [0.1, 0.15) is 0 Å². The van der Waals surface area contributed by atoms with Crippen molar-refractivity contribution in [3.8, 4) is 0 Å². The zero-order valence-electron chi connectivity index (χ0n) is 14.0. The van der Waals surface area contributed by atoms with E-state index in [0.29, 0.717) is 24.4 Å². The second-order valence-electron chi connectivity index (χ2n) is 6.05. The summed E-state index contributed by atoms with van der Waals surface area (Å²) in [6.07, 6.45) is 3.54. The summed E-state index contributed by atoms with van der Waals surface area (Å²) in [6, 6.07) is 9.37. The van der Waals surface area contributed by atoms with Gasteiger partial charge in [0.2, 0.25) is 5.91 Å². The summed E-state index contributed by atoms with van der Waals surface area (Å²) in [4.78, 5) is 31.8. The molecule has 3 heterocycles. The molecule has 2 aliphatic rings. The number of anilines is 1. The van der Waals surface area contributed by atoms with Gasteiger partial charge in [-0.15, -0.1) is 24.2 Å². The fraction of sp³-hybridized carbons (Fsp3) is 0.278. The van der Waals surface area contributed by atoms with Gasteiger partial charge in [-0.1, -0.05) is 6.07 Å². The summed E-state index contributed by atoms with van der Waals surface area (Å²) >= 11 is 1.50. The highest BCUT2D eigenvalue weighted by atomic mass is 35.5. The maximum Gasteiger partial charge on any atom is 0.254 e. The van der Waals surface area contributed by atoms with Gasteiger partial charge >= 0.3 is 0 Å². The van der Waals surface area contributed by atoms with Crippen LogP contribution in [0.5, 0.6) is 0 Å². The third-order valence-electron chi connectivity index (χ3n) is 4.43. The van der Waals surface area contributed by atoms with E-state index >= 15 is 0 Å². The molecule has 1 unspecified atom stereocenters. The van der Waals surface area contributed by atoms with Crippen LogP contribution in [0.1, 0.15) is 22.0 Å². The smallest absolute Gasteiger partial charge is 0.254 e. The van der Waals surface area contributed by atoms with Gasteiger partial charge in [-0.25, -0.2) is 0 Å². The van der Waals surface area contributed by atoms with Crippen LogP contribution in [0, 0.1) is 0 Å². The molecule has 26 heavy (non-hydrogen) atoms. The van der Waals surface area contributed by atoms with E-state index < -0.39 is 0 Å². The van der Waals surface area contributed by atoms with Crippen molar-refractivity contribution in [1.82, 2.24) is 15.2 Å². The molecule has 0 radical (unpaired) electrons. The number of thioether (sulfide) groups is 1. The van der Waals surface area contributed by atoms with Gasteiger partial charge < -0.3 is 15.5 Å². The quantitative estimate of drug-likeness (QED) is 0.823. The van der Waals surface area contributed by atoms with Crippen LogP contribution in [0.25, 0.3) is 0 Å². The van der Waals surface area contributed by atoms with Crippen LogP contribution in [0.4, 0.5) is 5.69 Å². The van der Waals surface area contributed by atoms with Crippen molar-refractivity contribution in [2.24, 2.45) is 0 Å². The molecule has 0 spiro atoms. The first-order chi connectivity index (χ1) is 12.2. The molecule has 1 aromatic carbocycles. The zero-order chi connectivity index (χ0) is 17.2. The second kappa shape index (κ2) is 8.07. The van der Waals surface area contributed by atoms with Crippen LogP contribution in [-0.4, -0.2) is 47.1 Å². The van der Waals surface area contributed by atoms with Gasteiger partial charge in [-0.2, -0.15) is 0 Å².